The predicted molar refractivity (Wildman–Crippen MR) is 66.9 cm³/mol. The van der Waals surface area contributed by atoms with Gasteiger partial charge in [-0.15, -0.1) is 12.4 Å². The zero-order valence-corrected chi connectivity index (χ0v) is 10.3. The van der Waals surface area contributed by atoms with Gasteiger partial charge in [-0.2, -0.15) is 0 Å². The van der Waals surface area contributed by atoms with Crippen molar-refractivity contribution in [1.29, 1.82) is 0 Å². The third kappa shape index (κ3) is 2.62. The summed E-state index contributed by atoms with van der Waals surface area (Å²) in [5.41, 5.74) is 6.13. The fourth-order valence-electron chi connectivity index (χ4n) is 1.63. The molecule has 17 heavy (non-hydrogen) atoms. The van der Waals surface area contributed by atoms with Crippen LogP contribution in [0.2, 0.25) is 0 Å². The SMILES string of the molecule is COc1ccc2c(c1)OCN2C(=O)CCN.Cl. The zero-order valence-electron chi connectivity index (χ0n) is 9.51. The maximum absolute atomic E-state index is 11.7. The Hall–Kier alpha value is -1.46. The van der Waals surface area contributed by atoms with E-state index in [2.05, 4.69) is 0 Å². The standard InChI is InChI=1S/C11H14N2O3.ClH/c1-15-8-2-3-9-10(6-8)16-7-13(9)11(14)4-5-12;/h2-3,6H,4-5,7,12H2,1H3;1H. The number of anilines is 1. The van der Waals surface area contributed by atoms with Crippen LogP contribution < -0.4 is 20.1 Å². The Bertz CT molecular complexity index is 412. The van der Waals surface area contributed by atoms with Crippen LogP contribution in [0.15, 0.2) is 18.2 Å². The average Bonchev–Trinajstić information content (AvgIpc) is 2.71. The van der Waals surface area contributed by atoms with E-state index in [0.717, 1.165) is 5.69 Å². The Morgan fingerprint density at radius 2 is 2.35 bits per heavy atom. The van der Waals surface area contributed by atoms with Crippen molar-refractivity contribution in [3.8, 4) is 11.5 Å². The quantitative estimate of drug-likeness (QED) is 0.883. The van der Waals surface area contributed by atoms with Gasteiger partial charge in [0.25, 0.3) is 0 Å². The van der Waals surface area contributed by atoms with E-state index in [1.165, 1.54) is 0 Å². The number of amides is 1. The molecule has 0 aromatic heterocycles. The van der Waals surface area contributed by atoms with Gasteiger partial charge in [0, 0.05) is 19.0 Å². The molecule has 6 heteroatoms. The van der Waals surface area contributed by atoms with Crippen molar-refractivity contribution in [2.75, 3.05) is 25.3 Å². The number of rotatable bonds is 3. The lowest BCUT2D eigenvalue weighted by atomic mass is 10.2. The van der Waals surface area contributed by atoms with Gasteiger partial charge in [-0.1, -0.05) is 0 Å². The largest absolute Gasteiger partial charge is 0.497 e. The van der Waals surface area contributed by atoms with Gasteiger partial charge in [0.2, 0.25) is 5.91 Å². The minimum absolute atomic E-state index is 0. The third-order valence-corrected chi connectivity index (χ3v) is 2.47. The summed E-state index contributed by atoms with van der Waals surface area (Å²) >= 11 is 0. The highest BCUT2D eigenvalue weighted by Crippen LogP contribution is 2.36. The molecule has 2 N–H and O–H groups in total. The number of nitrogens with two attached hydrogens (primary N) is 1. The highest BCUT2D eigenvalue weighted by atomic mass is 35.5. The smallest absolute Gasteiger partial charge is 0.231 e. The normalized spacial score (nSPS) is 12.5. The Balaban J connectivity index is 0.00000144. The molecular weight excluding hydrogens is 244 g/mol. The number of benzene rings is 1. The maximum atomic E-state index is 11.7. The molecule has 2 rings (SSSR count). The van der Waals surface area contributed by atoms with Crippen LogP contribution in [0.1, 0.15) is 6.42 Å². The van der Waals surface area contributed by atoms with Gasteiger partial charge in [0.1, 0.15) is 11.5 Å². The number of hydrogen-bond acceptors (Lipinski definition) is 4. The third-order valence-electron chi connectivity index (χ3n) is 2.47. The number of methoxy groups -OCH3 is 1. The van der Waals surface area contributed by atoms with Gasteiger partial charge in [-0.25, -0.2) is 0 Å². The molecule has 1 aromatic rings. The molecule has 0 atom stereocenters. The molecule has 1 amide bonds. The van der Waals surface area contributed by atoms with Crippen LogP contribution in [0.3, 0.4) is 0 Å². The van der Waals surface area contributed by atoms with Crippen LogP contribution in [-0.2, 0) is 4.79 Å². The van der Waals surface area contributed by atoms with E-state index in [-0.39, 0.29) is 25.0 Å². The lowest BCUT2D eigenvalue weighted by Gasteiger charge is -2.13. The summed E-state index contributed by atoms with van der Waals surface area (Å²) in [5, 5.41) is 0. The highest BCUT2D eigenvalue weighted by Gasteiger charge is 2.25. The molecule has 0 saturated heterocycles. The topological polar surface area (TPSA) is 64.8 Å². The van der Waals surface area contributed by atoms with Crippen molar-refractivity contribution in [3.63, 3.8) is 0 Å². The number of hydrogen-bond donors (Lipinski definition) is 1. The maximum Gasteiger partial charge on any atom is 0.231 e. The fourth-order valence-corrected chi connectivity index (χ4v) is 1.63. The molecule has 0 unspecified atom stereocenters. The first-order valence-electron chi connectivity index (χ1n) is 5.07. The summed E-state index contributed by atoms with van der Waals surface area (Å²) in [4.78, 5) is 13.3. The van der Waals surface area contributed by atoms with E-state index in [4.69, 9.17) is 15.2 Å². The zero-order chi connectivity index (χ0) is 11.5. The fraction of sp³-hybridized carbons (Fsp3) is 0.364. The van der Waals surface area contributed by atoms with Crippen LogP contribution >= 0.6 is 12.4 Å². The van der Waals surface area contributed by atoms with Crippen LogP contribution in [-0.4, -0.2) is 26.3 Å². The molecular formula is C11H15ClN2O3. The van der Waals surface area contributed by atoms with Crippen LogP contribution in [0, 0.1) is 0 Å². The molecule has 0 fully saturated rings. The Kier molecular flexibility index (Phi) is 4.60. The number of ether oxygens (including phenoxy) is 2. The molecule has 0 spiro atoms. The van der Waals surface area contributed by atoms with Crippen LogP contribution in [0.25, 0.3) is 0 Å². The summed E-state index contributed by atoms with van der Waals surface area (Å²) in [7, 11) is 1.59. The van der Waals surface area contributed by atoms with Crippen molar-refractivity contribution < 1.29 is 14.3 Å². The van der Waals surface area contributed by atoms with Crippen molar-refractivity contribution in [1.82, 2.24) is 0 Å². The number of carbonyl (C=O) groups is 1. The van der Waals surface area contributed by atoms with Crippen molar-refractivity contribution in [2.45, 2.75) is 6.42 Å². The van der Waals surface area contributed by atoms with Crippen molar-refractivity contribution >= 4 is 24.0 Å². The lowest BCUT2D eigenvalue weighted by molar-refractivity contribution is -0.118. The summed E-state index contributed by atoms with van der Waals surface area (Å²) in [6, 6.07) is 5.39. The molecule has 0 radical (unpaired) electrons. The number of fused-ring (bicyclic) bond motifs is 1. The molecule has 1 aromatic carbocycles. The summed E-state index contributed by atoms with van der Waals surface area (Å²) in [6.45, 7) is 0.599. The highest BCUT2D eigenvalue weighted by molar-refractivity contribution is 5.96. The lowest BCUT2D eigenvalue weighted by Crippen LogP contribution is -2.31. The first kappa shape index (κ1) is 13.6. The van der Waals surface area contributed by atoms with Gasteiger partial charge >= 0.3 is 0 Å². The predicted octanol–water partition coefficient (Wildman–Crippen LogP) is 1.15. The second-order valence-corrected chi connectivity index (χ2v) is 3.47. The molecule has 1 aliphatic rings. The molecule has 0 saturated carbocycles. The number of carbonyl (C=O) groups excluding carboxylic acids is 1. The Morgan fingerprint density at radius 1 is 1.59 bits per heavy atom. The number of nitrogens with zero attached hydrogens (tertiary/aromatic N) is 1. The van der Waals surface area contributed by atoms with Gasteiger partial charge in [-0.3, -0.25) is 9.69 Å². The van der Waals surface area contributed by atoms with Gasteiger partial charge in [0.05, 0.1) is 12.8 Å². The van der Waals surface area contributed by atoms with Crippen molar-refractivity contribution in [3.05, 3.63) is 18.2 Å². The van der Waals surface area contributed by atoms with Gasteiger partial charge in [0.15, 0.2) is 6.73 Å². The second-order valence-electron chi connectivity index (χ2n) is 3.47. The molecule has 1 aliphatic heterocycles. The monoisotopic (exact) mass is 258 g/mol. The van der Waals surface area contributed by atoms with E-state index < -0.39 is 0 Å². The van der Waals surface area contributed by atoms with Crippen LogP contribution in [0.5, 0.6) is 11.5 Å². The van der Waals surface area contributed by atoms with E-state index >= 15 is 0 Å². The first-order valence-corrected chi connectivity index (χ1v) is 5.07. The average molecular weight is 259 g/mol. The van der Waals surface area contributed by atoms with Gasteiger partial charge < -0.3 is 15.2 Å². The first-order chi connectivity index (χ1) is 7.76. The molecule has 5 nitrogen and oxygen atoms in total. The van der Waals surface area contributed by atoms with E-state index in [1.54, 1.807) is 24.1 Å². The Morgan fingerprint density at radius 3 is 3.00 bits per heavy atom. The Labute approximate surface area is 106 Å². The van der Waals surface area contributed by atoms with Gasteiger partial charge in [-0.05, 0) is 12.1 Å². The minimum atomic E-state index is -0.0218. The molecule has 0 bridgehead atoms. The summed E-state index contributed by atoms with van der Waals surface area (Å²) in [5.74, 6) is 1.36. The van der Waals surface area contributed by atoms with E-state index in [1.807, 2.05) is 6.07 Å². The summed E-state index contributed by atoms with van der Waals surface area (Å²) in [6.07, 6.45) is 0.328. The molecule has 0 aliphatic carbocycles. The number of halogens is 1. The summed E-state index contributed by atoms with van der Waals surface area (Å²) < 4.78 is 10.5. The minimum Gasteiger partial charge on any atom is -0.497 e. The molecule has 94 valence electrons. The second kappa shape index (κ2) is 5.75. The molecule has 1 heterocycles. The van der Waals surface area contributed by atoms with E-state index in [9.17, 15) is 4.79 Å². The van der Waals surface area contributed by atoms with E-state index in [0.29, 0.717) is 24.5 Å². The van der Waals surface area contributed by atoms with Crippen molar-refractivity contribution in [2.24, 2.45) is 5.73 Å². The van der Waals surface area contributed by atoms with Crippen LogP contribution in [0.4, 0.5) is 5.69 Å².